The fraction of sp³-hybridized carbons (Fsp3) is 0.250. The van der Waals surface area contributed by atoms with E-state index in [0.717, 1.165) is 47.1 Å². The van der Waals surface area contributed by atoms with Gasteiger partial charge in [0.15, 0.2) is 0 Å². The van der Waals surface area contributed by atoms with Gasteiger partial charge in [-0.1, -0.05) is 41.9 Å². The van der Waals surface area contributed by atoms with Gasteiger partial charge in [-0.2, -0.15) is 0 Å². The molecule has 2 heterocycles. The van der Waals surface area contributed by atoms with Crippen LogP contribution in [0.4, 0.5) is 0 Å². The maximum absolute atomic E-state index is 10.9. The number of aliphatic hydroxyl groups excluding tert-OH is 1. The third-order valence-corrected chi connectivity index (χ3v) is 4.94. The van der Waals surface area contributed by atoms with Crippen LogP contribution in [-0.4, -0.2) is 22.7 Å². The highest BCUT2D eigenvalue weighted by Gasteiger charge is 2.26. The minimum absolute atomic E-state index is 0.105. The Morgan fingerprint density at radius 2 is 1.92 bits per heavy atom. The molecule has 4 heteroatoms. The molecule has 4 rings (SSSR count). The standard InChI is InChI=1S/C20H19ClN2O/c21-14-9-7-13(8-10-14)19-12-16(20(24)18-6-3-11-22-18)15-4-1-2-5-17(15)23-19/h1-2,4-5,7-10,12,18,20,22,24H,3,6,11H2. The van der Waals surface area contributed by atoms with Crippen LogP contribution >= 0.6 is 11.6 Å². The summed E-state index contributed by atoms with van der Waals surface area (Å²) in [4.78, 5) is 4.77. The van der Waals surface area contributed by atoms with Crippen LogP contribution < -0.4 is 5.32 Å². The van der Waals surface area contributed by atoms with Crippen LogP contribution in [0, 0.1) is 0 Å². The van der Waals surface area contributed by atoms with Crippen molar-refractivity contribution in [3.8, 4) is 11.3 Å². The van der Waals surface area contributed by atoms with Crippen molar-refractivity contribution in [2.24, 2.45) is 0 Å². The summed E-state index contributed by atoms with van der Waals surface area (Å²) in [5.41, 5.74) is 3.69. The molecule has 0 saturated carbocycles. The van der Waals surface area contributed by atoms with E-state index in [0.29, 0.717) is 5.02 Å². The lowest BCUT2D eigenvalue weighted by Gasteiger charge is -2.21. The maximum atomic E-state index is 10.9. The number of pyridine rings is 1. The molecule has 0 spiro atoms. The lowest BCUT2D eigenvalue weighted by Crippen LogP contribution is -2.28. The van der Waals surface area contributed by atoms with Crippen molar-refractivity contribution in [3.05, 3.63) is 65.2 Å². The second kappa shape index (κ2) is 6.52. The van der Waals surface area contributed by atoms with E-state index in [9.17, 15) is 5.11 Å². The predicted molar refractivity (Wildman–Crippen MR) is 98.2 cm³/mol. The molecule has 0 aliphatic carbocycles. The average molecular weight is 339 g/mol. The summed E-state index contributed by atoms with van der Waals surface area (Å²) in [6, 6.07) is 17.8. The number of halogens is 1. The van der Waals surface area contributed by atoms with Gasteiger partial charge in [-0.25, -0.2) is 4.98 Å². The van der Waals surface area contributed by atoms with Gasteiger partial charge in [0.1, 0.15) is 0 Å². The van der Waals surface area contributed by atoms with Gasteiger partial charge >= 0.3 is 0 Å². The number of nitrogens with zero attached hydrogens (tertiary/aromatic N) is 1. The molecule has 1 aromatic heterocycles. The topological polar surface area (TPSA) is 45.2 Å². The van der Waals surface area contributed by atoms with Gasteiger partial charge in [-0.15, -0.1) is 0 Å². The molecule has 3 aromatic rings. The van der Waals surface area contributed by atoms with Crippen molar-refractivity contribution in [1.29, 1.82) is 0 Å². The second-order valence-corrected chi connectivity index (χ2v) is 6.70. The van der Waals surface area contributed by atoms with E-state index in [1.807, 2.05) is 54.6 Å². The Kier molecular flexibility index (Phi) is 4.23. The van der Waals surface area contributed by atoms with Gasteiger partial charge in [-0.3, -0.25) is 0 Å². The molecule has 24 heavy (non-hydrogen) atoms. The summed E-state index contributed by atoms with van der Waals surface area (Å²) in [6.45, 7) is 0.967. The van der Waals surface area contributed by atoms with E-state index < -0.39 is 6.10 Å². The van der Waals surface area contributed by atoms with Gasteiger partial charge in [0.2, 0.25) is 0 Å². The quantitative estimate of drug-likeness (QED) is 0.746. The van der Waals surface area contributed by atoms with E-state index in [4.69, 9.17) is 16.6 Å². The van der Waals surface area contributed by atoms with Crippen molar-refractivity contribution in [1.82, 2.24) is 10.3 Å². The second-order valence-electron chi connectivity index (χ2n) is 6.27. The molecule has 2 N–H and O–H groups in total. The summed E-state index contributed by atoms with van der Waals surface area (Å²) in [5, 5.41) is 16.0. The zero-order valence-electron chi connectivity index (χ0n) is 13.2. The van der Waals surface area contributed by atoms with Crippen molar-refractivity contribution < 1.29 is 5.11 Å². The molecule has 1 aliphatic rings. The number of benzene rings is 2. The van der Waals surface area contributed by atoms with Gasteiger partial charge in [0, 0.05) is 22.0 Å². The fourth-order valence-corrected chi connectivity index (χ4v) is 3.54. The lowest BCUT2D eigenvalue weighted by molar-refractivity contribution is 0.139. The minimum atomic E-state index is -0.536. The normalized spacial score (nSPS) is 18.8. The molecular formula is C20H19ClN2O. The molecule has 2 aromatic carbocycles. The number of rotatable bonds is 3. The first kappa shape index (κ1) is 15.6. The molecular weight excluding hydrogens is 320 g/mol. The number of fused-ring (bicyclic) bond motifs is 1. The molecule has 1 aliphatic heterocycles. The van der Waals surface area contributed by atoms with Crippen molar-refractivity contribution in [3.63, 3.8) is 0 Å². The summed E-state index contributed by atoms with van der Waals surface area (Å²) in [5.74, 6) is 0. The number of aromatic nitrogens is 1. The molecule has 1 fully saturated rings. The monoisotopic (exact) mass is 338 g/mol. The summed E-state index contributed by atoms with van der Waals surface area (Å²) < 4.78 is 0. The van der Waals surface area contributed by atoms with Gasteiger partial charge in [0.25, 0.3) is 0 Å². The lowest BCUT2D eigenvalue weighted by atomic mass is 9.95. The SMILES string of the molecule is OC(c1cc(-c2ccc(Cl)cc2)nc2ccccc12)C1CCCN1. The molecule has 2 unspecified atom stereocenters. The predicted octanol–water partition coefficient (Wildman–Crippen LogP) is 4.34. The first-order chi connectivity index (χ1) is 11.7. The van der Waals surface area contributed by atoms with Gasteiger partial charge in [-0.05, 0) is 49.2 Å². The highest BCUT2D eigenvalue weighted by molar-refractivity contribution is 6.30. The Bertz CT molecular complexity index is 857. The van der Waals surface area contributed by atoms with Crippen LogP contribution in [0.15, 0.2) is 54.6 Å². The smallest absolute Gasteiger partial charge is 0.0950 e. The molecule has 1 saturated heterocycles. The minimum Gasteiger partial charge on any atom is -0.387 e. The van der Waals surface area contributed by atoms with Gasteiger partial charge in [0.05, 0.1) is 17.3 Å². The number of para-hydroxylation sites is 1. The molecule has 0 bridgehead atoms. The van der Waals surface area contributed by atoms with Crippen LogP contribution in [-0.2, 0) is 0 Å². The number of hydrogen-bond donors (Lipinski definition) is 2. The van der Waals surface area contributed by atoms with E-state index in [1.165, 1.54) is 0 Å². The molecule has 0 radical (unpaired) electrons. The Balaban J connectivity index is 1.85. The number of aliphatic hydroxyl groups is 1. The van der Waals surface area contributed by atoms with E-state index in [-0.39, 0.29) is 6.04 Å². The van der Waals surface area contributed by atoms with Crippen molar-refractivity contribution >= 4 is 22.5 Å². The first-order valence-electron chi connectivity index (χ1n) is 8.29. The van der Waals surface area contributed by atoms with Crippen molar-refractivity contribution in [2.75, 3.05) is 6.54 Å². The highest BCUT2D eigenvalue weighted by Crippen LogP contribution is 2.32. The zero-order valence-corrected chi connectivity index (χ0v) is 14.0. The molecule has 3 nitrogen and oxygen atoms in total. The Labute approximate surface area is 146 Å². The zero-order chi connectivity index (χ0) is 16.5. The largest absolute Gasteiger partial charge is 0.387 e. The van der Waals surface area contributed by atoms with Crippen LogP contribution in [0.3, 0.4) is 0 Å². The summed E-state index contributed by atoms with van der Waals surface area (Å²) >= 11 is 5.99. The van der Waals surface area contributed by atoms with Crippen molar-refractivity contribution in [2.45, 2.75) is 25.0 Å². The van der Waals surface area contributed by atoms with Gasteiger partial charge < -0.3 is 10.4 Å². The van der Waals surface area contributed by atoms with E-state index in [2.05, 4.69) is 5.32 Å². The van der Waals surface area contributed by atoms with E-state index >= 15 is 0 Å². The Morgan fingerprint density at radius 3 is 2.67 bits per heavy atom. The number of nitrogens with one attached hydrogen (secondary N) is 1. The Morgan fingerprint density at radius 1 is 1.12 bits per heavy atom. The average Bonchev–Trinajstić information content (AvgIpc) is 3.15. The fourth-order valence-electron chi connectivity index (χ4n) is 3.41. The molecule has 2 atom stereocenters. The van der Waals surface area contributed by atoms with Crippen LogP contribution in [0.1, 0.15) is 24.5 Å². The maximum Gasteiger partial charge on any atom is 0.0950 e. The van der Waals surface area contributed by atoms with E-state index in [1.54, 1.807) is 0 Å². The third-order valence-electron chi connectivity index (χ3n) is 4.69. The summed E-state index contributed by atoms with van der Waals surface area (Å²) in [6.07, 6.45) is 1.56. The first-order valence-corrected chi connectivity index (χ1v) is 8.67. The van der Waals surface area contributed by atoms with Crippen LogP contribution in [0.25, 0.3) is 22.2 Å². The third kappa shape index (κ3) is 2.91. The summed E-state index contributed by atoms with van der Waals surface area (Å²) in [7, 11) is 0. The Hall–Kier alpha value is -1.94. The molecule has 122 valence electrons. The number of hydrogen-bond acceptors (Lipinski definition) is 3. The van der Waals surface area contributed by atoms with Crippen LogP contribution in [0.2, 0.25) is 5.02 Å². The highest BCUT2D eigenvalue weighted by atomic mass is 35.5. The van der Waals surface area contributed by atoms with Crippen LogP contribution in [0.5, 0.6) is 0 Å². The molecule has 0 amide bonds.